The van der Waals surface area contributed by atoms with E-state index in [1.165, 1.54) is 82.5 Å². The van der Waals surface area contributed by atoms with Gasteiger partial charge in [0.05, 0.1) is 12.0 Å². The lowest BCUT2D eigenvalue weighted by Crippen LogP contribution is -2.47. The van der Waals surface area contributed by atoms with Gasteiger partial charge in [-0.1, -0.05) is 84.3 Å². The van der Waals surface area contributed by atoms with Gasteiger partial charge in [0.2, 0.25) is 5.91 Å². The number of hydrogen-bond acceptors (Lipinski definition) is 5. The lowest BCUT2D eigenvalue weighted by Gasteiger charge is -2.21. The Balaban J connectivity index is 4.23. The average Bonchev–Trinajstić information content (AvgIpc) is 2.78. The van der Waals surface area contributed by atoms with Gasteiger partial charge in [-0.3, -0.25) is 14.4 Å². The van der Waals surface area contributed by atoms with Gasteiger partial charge < -0.3 is 15.5 Å². The van der Waals surface area contributed by atoms with Crippen LogP contribution in [-0.4, -0.2) is 51.5 Å². The molecule has 5 atom stereocenters. The molecule has 216 valence electrons. The van der Waals surface area contributed by atoms with E-state index in [4.69, 9.17) is 0 Å². The van der Waals surface area contributed by atoms with E-state index in [1.807, 2.05) is 0 Å². The number of allylic oxidation sites excluding steroid dienone is 1. The van der Waals surface area contributed by atoms with Gasteiger partial charge in [-0.25, -0.2) is 0 Å². The molecule has 3 N–H and O–H groups in total. The molecule has 0 bridgehead atoms. The highest BCUT2D eigenvalue weighted by Gasteiger charge is 2.29. The molecule has 0 fully saturated rings. The summed E-state index contributed by atoms with van der Waals surface area (Å²) in [5.41, 5.74) is 1.32. The number of thioether (sulfide) groups is 1. The van der Waals surface area contributed by atoms with Gasteiger partial charge in [-0.05, 0) is 44.4 Å². The third kappa shape index (κ3) is 19.4. The first-order valence-electron chi connectivity index (χ1n) is 14.3. The van der Waals surface area contributed by atoms with E-state index in [0.29, 0.717) is 11.5 Å². The van der Waals surface area contributed by atoms with Gasteiger partial charge >= 0.3 is 5.97 Å². The van der Waals surface area contributed by atoms with E-state index in [2.05, 4.69) is 46.0 Å². The third-order valence-electron chi connectivity index (χ3n) is 6.99. The number of carboxylic acids is 1. The molecule has 5 unspecified atom stereocenters. The number of aliphatic hydroxyl groups excluding tert-OH is 1. The maximum Gasteiger partial charge on any atom is 0.307 e. The molecule has 7 heteroatoms. The number of Topliss-reactive ketones (excluding diaryl/α,β-unsaturated/α-hetero) is 1. The standard InChI is InChI=1S/C30H55NO5S/c1-21(2)11-8-12-22(3)13-9-14-23(4)15-10-16-24(5)17-18-37-20-27(30(35)36)19-28(34)29(25(6)32)31-26(7)33/h17,21-23,25,27,29,32H,8-16,18-20H2,1-7H3,(H,31,33)(H,35,36)/b24-17+. The summed E-state index contributed by atoms with van der Waals surface area (Å²) >= 11 is 1.50. The second-order valence-electron chi connectivity index (χ2n) is 11.6. The molecule has 6 nitrogen and oxygen atoms in total. The van der Waals surface area contributed by atoms with Gasteiger partial charge in [0, 0.05) is 24.9 Å². The molecule has 0 aromatic carbocycles. The number of hydrogen-bond donors (Lipinski definition) is 3. The quantitative estimate of drug-likeness (QED) is 0.105. The molecule has 0 aromatic heterocycles. The van der Waals surface area contributed by atoms with E-state index in [9.17, 15) is 24.6 Å². The molecular weight excluding hydrogens is 486 g/mol. The number of rotatable bonds is 22. The first-order valence-corrected chi connectivity index (χ1v) is 15.4. The Morgan fingerprint density at radius 1 is 0.865 bits per heavy atom. The molecular formula is C30H55NO5S. The van der Waals surface area contributed by atoms with Crippen LogP contribution in [-0.2, 0) is 14.4 Å². The lowest BCUT2D eigenvalue weighted by atomic mass is 9.91. The lowest BCUT2D eigenvalue weighted by molar-refractivity contribution is -0.143. The van der Waals surface area contributed by atoms with Crippen molar-refractivity contribution in [3.8, 4) is 0 Å². The van der Waals surface area contributed by atoms with Crippen LogP contribution < -0.4 is 5.32 Å². The van der Waals surface area contributed by atoms with Crippen molar-refractivity contribution in [3.63, 3.8) is 0 Å². The van der Waals surface area contributed by atoms with Crippen LogP contribution in [0, 0.1) is 23.7 Å². The average molecular weight is 542 g/mol. The molecule has 0 aliphatic heterocycles. The van der Waals surface area contributed by atoms with Crippen LogP contribution in [0.25, 0.3) is 0 Å². The Bertz CT molecular complexity index is 691. The largest absolute Gasteiger partial charge is 0.481 e. The number of carbonyl (C=O) groups is 3. The summed E-state index contributed by atoms with van der Waals surface area (Å²) in [7, 11) is 0. The highest BCUT2D eigenvalue weighted by molar-refractivity contribution is 7.99. The Morgan fingerprint density at radius 2 is 1.41 bits per heavy atom. The molecule has 0 rings (SSSR count). The normalized spacial score (nSPS) is 16.2. The van der Waals surface area contributed by atoms with Gasteiger partial charge in [0.1, 0.15) is 6.04 Å². The molecule has 0 aliphatic rings. The molecule has 0 saturated carbocycles. The predicted octanol–water partition coefficient (Wildman–Crippen LogP) is 6.65. The van der Waals surface area contributed by atoms with Crippen molar-refractivity contribution >= 4 is 29.4 Å². The van der Waals surface area contributed by atoms with E-state index < -0.39 is 35.7 Å². The van der Waals surface area contributed by atoms with Crippen LogP contribution in [0.15, 0.2) is 11.6 Å². The van der Waals surface area contributed by atoms with Crippen molar-refractivity contribution in [2.45, 2.75) is 125 Å². The summed E-state index contributed by atoms with van der Waals surface area (Å²) < 4.78 is 0. The van der Waals surface area contributed by atoms with E-state index >= 15 is 0 Å². The Kier molecular flexibility index (Phi) is 19.9. The van der Waals surface area contributed by atoms with Crippen molar-refractivity contribution in [2.24, 2.45) is 23.7 Å². The van der Waals surface area contributed by atoms with Crippen LogP contribution in [0.2, 0.25) is 0 Å². The molecule has 0 saturated heterocycles. The molecule has 0 aromatic rings. The molecule has 0 radical (unpaired) electrons. The third-order valence-corrected chi connectivity index (χ3v) is 8.03. The fourth-order valence-corrected chi connectivity index (χ4v) is 5.58. The van der Waals surface area contributed by atoms with Crippen molar-refractivity contribution in [1.82, 2.24) is 5.32 Å². The van der Waals surface area contributed by atoms with Crippen molar-refractivity contribution in [2.75, 3.05) is 11.5 Å². The minimum atomic E-state index is -1.08. The molecule has 0 heterocycles. The maximum absolute atomic E-state index is 12.5. The molecule has 1 amide bonds. The van der Waals surface area contributed by atoms with Gasteiger partial charge in [0.25, 0.3) is 0 Å². The monoisotopic (exact) mass is 541 g/mol. The first kappa shape index (κ1) is 35.7. The van der Waals surface area contributed by atoms with Crippen molar-refractivity contribution < 1.29 is 24.6 Å². The summed E-state index contributed by atoms with van der Waals surface area (Å²) in [4.78, 5) is 35.4. The van der Waals surface area contributed by atoms with E-state index in [-0.39, 0.29) is 6.42 Å². The maximum atomic E-state index is 12.5. The van der Waals surface area contributed by atoms with Crippen LogP contribution in [0.3, 0.4) is 0 Å². The summed E-state index contributed by atoms with van der Waals surface area (Å²) in [6.07, 6.45) is 12.4. The number of amides is 1. The Labute approximate surface area is 230 Å². The second kappa shape index (κ2) is 20.6. The van der Waals surface area contributed by atoms with Crippen molar-refractivity contribution in [3.05, 3.63) is 11.6 Å². The number of nitrogens with one attached hydrogen (secondary N) is 1. The number of aliphatic carboxylic acids is 1. The Hall–Kier alpha value is -1.34. The Morgan fingerprint density at radius 3 is 1.89 bits per heavy atom. The number of carbonyl (C=O) groups excluding carboxylic acids is 2. The van der Waals surface area contributed by atoms with Gasteiger partial charge in [-0.2, -0.15) is 11.8 Å². The zero-order valence-corrected chi connectivity index (χ0v) is 25.4. The molecule has 37 heavy (non-hydrogen) atoms. The van der Waals surface area contributed by atoms with Gasteiger partial charge in [0.15, 0.2) is 5.78 Å². The summed E-state index contributed by atoms with van der Waals surface area (Å²) in [6.45, 7) is 14.2. The smallest absolute Gasteiger partial charge is 0.307 e. The first-order chi connectivity index (χ1) is 17.3. The van der Waals surface area contributed by atoms with Crippen LogP contribution in [0.4, 0.5) is 0 Å². The fourth-order valence-electron chi connectivity index (χ4n) is 4.50. The zero-order chi connectivity index (χ0) is 28.4. The zero-order valence-electron chi connectivity index (χ0n) is 24.6. The van der Waals surface area contributed by atoms with Crippen LogP contribution >= 0.6 is 11.8 Å². The topological polar surface area (TPSA) is 104 Å². The van der Waals surface area contributed by atoms with E-state index in [0.717, 1.165) is 24.2 Å². The second-order valence-corrected chi connectivity index (χ2v) is 12.6. The minimum Gasteiger partial charge on any atom is -0.481 e. The summed E-state index contributed by atoms with van der Waals surface area (Å²) in [5.74, 6) is 0.646. The summed E-state index contributed by atoms with van der Waals surface area (Å²) in [5, 5.41) is 21.7. The minimum absolute atomic E-state index is 0.213. The van der Waals surface area contributed by atoms with Crippen molar-refractivity contribution in [1.29, 1.82) is 0 Å². The predicted molar refractivity (Wildman–Crippen MR) is 156 cm³/mol. The van der Waals surface area contributed by atoms with Crippen LogP contribution in [0.1, 0.15) is 113 Å². The summed E-state index contributed by atoms with van der Waals surface area (Å²) in [6, 6.07) is -1.08. The number of aliphatic hydroxyl groups is 1. The van der Waals surface area contributed by atoms with Gasteiger partial charge in [-0.15, -0.1) is 0 Å². The number of carboxylic acid groups (broad SMARTS) is 1. The molecule has 0 spiro atoms. The van der Waals surface area contributed by atoms with E-state index in [1.54, 1.807) is 0 Å². The highest BCUT2D eigenvalue weighted by Crippen LogP contribution is 2.22. The number of ketones is 1. The SMILES string of the molecule is CC(=O)NC(C(=O)CC(CSC/C=C(\C)CCCC(C)CCCC(C)CCCC(C)C)C(=O)O)C(C)O. The fraction of sp³-hybridized carbons (Fsp3) is 0.833. The van der Waals surface area contributed by atoms with Crippen LogP contribution in [0.5, 0.6) is 0 Å². The highest BCUT2D eigenvalue weighted by atomic mass is 32.2. The molecule has 0 aliphatic carbocycles.